The number of amides is 1. The molecule has 1 amide bonds. The molecule has 1 N–H and O–H groups in total. The van der Waals surface area contributed by atoms with Crippen LogP contribution in [0.4, 0.5) is 5.13 Å². The second-order valence-corrected chi connectivity index (χ2v) is 9.46. The summed E-state index contributed by atoms with van der Waals surface area (Å²) in [5.74, 6) is 0.327. The summed E-state index contributed by atoms with van der Waals surface area (Å²) in [4.78, 5) is 29.4. The Kier molecular flexibility index (Phi) is 8.04. The third kappa shape index (κ3) is 6.17. The van der Waals surface area contributed by atoms with Crippen molar-refractivity contribution in [2.45, 2.75) is 38.2 Å². The van der Waals surface area contributed by atoms with Gasteiger partial charge in [-0.3, -0.25) is 14.5 Å². The number of carbonyl (C=O) groups excluding carboxylic acids is 2. The Bertz CT molecular complexity index is 1070. The highest BCUT2D eigenvalue weighted by Gasteiger charge is 2.19. The molecular weight excluding hydrogens is 458 g/mol. The molecule has 0 atom stereocenters. The van der Waals surface area contributed by atoms with Gasteiger partial charge >= 0.3 is 5.97 Å². The summed E-state index contributed by atoms with van der Waals surface area (Å²) in [6, 6.07) is 4.41. The van der Waals surface area contributed by atoms with Gasteiger partial charge < -0.3 is 14.2 Å². The molecule has 0 bridgehead atoms. The number of nitrogens with zero attached hydrogens (tertiary/aromatic N) is 2. The van der Waals surface area contributed by atoms with E-state index in [-0.39, 0.29) is 36.8 Å². The second-order valence-electron chi connectivity index (χ2n) is 6.85. The first-order valence-corrected chi connectivity index (χ1v) is 12.4. The summed E-state index contributed by atoms with van der Waals surface area (Å²) >= 11 is 1.30. The van der Waals surface area contributed by atoms with Gasteiger partial charge in [-0.25, -0.2) is 18.1 Å². The second kappa shape index (κ2) is 10.7. The normalized spacial score (nSPS) is 12.9. The summed E-state index contributed by atoms with van der Waals surface area (Å²) in [5.41, 5.74) is 0.553. The van der Waals surface area contributed by atoms with E-state index in [0.717, 1.165) is 0 Å². The first-order valence-electron chi connectivity index (χ1n) is 10.1. The quantitative estimate of drug-likeness (QED) is 0.402. The number of rotatable bonds is 10. The van der Waals surface area contributed by atoms with Crippen molar-refractivity contribution in [2.75, 3.05) is 31.2 Å². The Labute approximate surface area is 190 Å². The van der Waals surface area contributed by atoms with Crippen LogP contribution in [-0.4, -0.2) is 51.6 Å². The van der Waals surface area contributed by atoms with Crippen LogP contribution in [0.15, 0.2) is 28.5 Å². The standard InChI is InChI=1S/C20H25N3O7S2/c1-3-23(14(2)24)20-22-15(13-31-20)12-30-19(25)5-4-8-21-32(26,27)16-6-7-17-18(11-16)29-10-9-28-17/h6-7,11,13,21H,3-5,8-10,12H2,1-2H3. The Morgan fingerprint density at radius 2 is 2.00 bits per heavy atom. The SMILES string of the molecule is CCN(C(C)=O)c1nc(COC(=O)CCCNS(=O)(=O)c2ccc3c(c2)OCCO3)cs1. The third-order valence-corrected chi connectivity index (χ3v) is 6.89. The Morgan fingerprint density at radius 3 is 2.72 bits per heavy atom. The van der Waals surface area contributed by atoms with E-state index in [1.165, 1.54) is 35.3 Å². The van der Waals surface area contributed by atoms with Crippen LogP contribution in [0.2, 0.25) is 0 Å². The molecule has 1 aliphatic heterocycles. The lowest BCUT2D eigenvalue weighted by molar-refractivity contribution is -0.145. The van der Waals surface area contributed by atoms with Crippen LogP contribution in [0.25, 0.3) is 0 Å². The van der Waals surface area contributed by atoms with Gasteiger partial charge in [0.15, 0.2) is 16.6 Å². The van der Waals surface area contributed by atoms with E-state index in [1.807, 2.05) is 6.92 Å². The molecule has 1 aromatic heterocycles. The van der Waals surface area contributed by atoms with Crippen LogP contribution < -0.4 is 19.1 Å². The van der Waals surface area contributed by atoms with E-state index in [9.17, 15) is 18.0 Å². The molecule has 0 unspecified atom stereocenters. The number of nitrogens with one attached hydrogen (secondary N) is 1. The summed E-state index contributed by atoms with van der Waals surface area (Å²) < 4.78 is 43.3. The van der Waals surface area contributed by atoms with Crippen molar-refractivity contribution in [1.29, 1.82) is 0 Å². The highest BCUT2D eigenvalue weighted by atomic mass is 32.2. The number of hydrogen-bond donors (Lipinski definition) is 1. The minimum Gasteiger partial charge on any atom is -0.486 e. The number of hydrogen-bond acceptors (Lipinski definition) is 9. The molecule has 174 valence electrons. The monoisotopic (exact) mass is 483 g/mol. The highest BCUT2D eigenvalue weighted by Crippen LogP contribution is 2.32. The van der Waals surface area contributed by atoms with Gasteiger partial charge in [0.1, 0.15) is 19.8 Å². The van der Waals surface area contributed by atoms with Gasteiger partial charge in [0, 0.05) is 37.9 Å². The topological polar surface area (TPSA) is 124 Å². The van der Waals surface area contributed by atoms with Gasteiger partial charge in [0.05, 0.1) is 10.6 Å². The maximum Gasteiger partial charge on any atom is 0.306 e. The third-order valence-electron chi connectivity index (χ3n) is 4.52. The number of benzene rings is 1. The van der Waals surface area contributed by atoms with Crippen molar-refractivity contribution in [3.05, 3.63) is 29.3 Å². The Morgan fingerprint density at radius 1 is 1.25 bits per heavy atom. The minimum atomic E-state index is -3.74. The maximum atomic E-state index is 12.4. The fourth-order valence-corrected chi connectivity index (χ4v) is 4.93. The Hall–Kier alpha value is -2.70. The fraction of sp³-hybridized carbons (Fsp3) is 0.450. The molecule has 1 aromatic carbocycles. The molecule has 0 saturated heterocycles. The molecular formula is C20H25N3O7S2. The average Bonchev–Trinajstić information content (AvgIpc) is 3.23. The van der Waals surface area contributed by atoms with Crippen LogP contribution in [0, 0.1) is 0 Å². The number of anilines is 1. The molecule has 0 spiro atoms. The molecule has 0 fully saturated rings. The number of ether oxygens (including phenoxy) is 3. The first kappa shape index (κ1) is 24.0. The fourth-order valence-electron chi connectivity index (χ4n) is 2.92. The molecule has 2 heterocycles. The molecule has 3 rings (SSSR count). The number of carbonyl (C=O) groups is 2. The lowest BCUT2D eigenvalue weighted by Crippen LogP contribution is -2.27. The lowest BCUT2D eigenvalue weighted by Gasteiger charge is -2.18. The van der Waals surface area contributed by atoms with Gasteiger partial charge in [-0.05, 0) is 25.5 Å². The zero-order valence-corrected chi connectivity index (χ0v) is 19.5. The summed E-state index contributed by atoms with van der Waals surface area (Å²) in [5, 5.41) is 2.29. The molecule has 0 saturated carbocycles. The molecule has 0 radical (unpaired) electrons. The van der Waals surface area contributed by atoms with Crippen molar-refractivity contribution in [3.63, 3.8) is 0 Å². The van der Waals surface area contributed by atoms with Gasteiger partial charge in [-0.1, -0.05) is 0 Å². The van der Waals surface area contributed by atoms with Crippen molar-refractivity contribution in [2.24, 2.45) is 0 Å². The van der Waals surface area contributed by atoms with Crippen molar-refractivity contribution in [3.8, 4) is 11.5 Å². The summed E-state index contributed by atoms with van der Waals surface area (Å²) in [7, 11) is -3.74. The number of esters is 1. The first-order chi connectivity index (χ1) is 15.3. The largest absolute Gasteiger partial charge is 0.486 e. The number of aromatic nitrogens is 1. The van der Waals surface area contributed by atoms with Crippen molar-refractivity contribution >= 4 is 38.4 Å². The number of thiazole rings is 1. The highest BCUT2D eigenvalue weighted by molar-refractivity contribution is 7.89. The average molecular weight is 484 g/mol. The van der Waals surface area contributed by atoms with E-state index in [1.54, 1.807) is 11.4 Å². The molecule has 32 heavy (non-hydrogen) atoms. The summed E-state index contributed by atoms with van der Waals surface area (Å²) in [6.45, 7) is 4.68. The molecule has 1 aliphatic rings. The van der Waals surface area contributed by atoms with E-state index in [0.29, 0.717) is 42.1 Å². The molecule has 2 aromatic rings. The zero-order valence-electron chi connectivity index (χ0n) is 17.8. The Balaban J connectivity index is 1.41. The van der Waals surface area contributed by atoms with Crippen LogP contribution >= 0.6 is 11.3 Å². The lowest BCUT2D eigenvalue weighted by atomic mass is 10.3. The van der Waals surface area contributed by atoms with E-state index in [4.69, 9.17) is 14.2 Å². The van der Waals surface area contributed by atoms with Gasteiger partial charge in [-0.15, -0.1) is 11.3 Å². The van der Waals surface area contributed by atoms with Gasteiger partial charge in [0.2, 0.25) is 15.9 Å². The number of fused-ring (bicyclic) bond motifs is 1. The predicted molar refractivity (Wildman–Crippen MR) is 117 cm³/mol. The van der Waals surface area contributed by atoms with Crippen molar-refractivity contribution < 1.29 is 32.2 Å². The van der Waals surface area contributed by atoms with E-state index < -0.39 is 16.0 Å². The summed E-state index contributed by atoms with van der Waals surface area (Å²) in [6.07, 6.45) is 0.327. The van der Waals surface area contributed by atoms with E-state index in [2.05, 4.69) is 9.71 Å². The molecule has 10 nitrogen and oxygen atoms in total. The van der Waals surface area contributed by atoms with Crippen LogP contribution in [0.1, 0.15) is 32.4 Å². The van der Waals surface area contributed by atoms with Gasteiger partial charge in [-0.2, -0.15) is 0 Å². The van der Waals surface area contributed by atoms with Crippen LogP contribution in [-0.2, 0) is 31.0 Å². The van der Waals surface area contributed by atoms with Crippen LogP contribution in [0.3, 0.4) is 0 Å². The van der Waals surface area contributed by atoms with E-state index >= 15 is 0 Å². The molecule has 12 heteroatoms. The van der Waals surface area contributed by atoms with Crippen molar-refractivity contribution in [1.82, 2.24) is 9.71 Å². The van der Waals surface area contributed by atoms with Crippen LogP contribution in [0.5, 0.6) is 11.5 Å². The van der Waals surface area contributed by atoms with Gasteiger partial charge in [0.25, 0.3) is 0 Å². The zero-order chi connectivity index (χ0) is 23.1. The number of sulfonamides is 1. The minimum absolute atomic E-state index is 0.00623. The maximum absolute atomic E-state index is 12.4. The molecule has 0 aliphatic carbocycles. The smallest absolute Gasteiger partial charge is 0.306 e. The predicted octanol–water partition coefficient (Wildman–Crippen LogP) is 2.09.